The van der Waals surface area contributed by atoms with Crippen LogP contribution < -0.4 is 0 Å². The van der Waals surface area contributed by atoms with Crippen LogP contribution >= 0.6 is 0 Å². The Morgan fingerprint density at radius 1 is 0.759 bits per heavy atom. The molecule has 29 heavy (non-hydrogen) atoms. The predicted octanol–water partition coefficient (Wildman–Crippen LogP) is 7.41. The first-order chi connectivity index (χ1) is 13.2. The van der Waals surface area contributed by atoms with Gasteiger partial charge in [-0.25, -0.2) is 0 Å². The van der Waals surface area contributed by atoms with E-state index >= 15 is 0 Å². The Labute approximate surface area is 177 Å². The van der Waals surface area contributed by atoms with Crippen LogP contribution in [0.15, 0.2) is 35.9 Å². The molecule has 0 spiro atoms. The summed E-state index contributed by atoms with van der Waals surface area (Å²) in [6.07, 6.45) is 2.07. The average Bonchev–Trinajstić information content (AvgIpc) is 2.58. The number of rotatable bonds is 3. The Balaban J connectivity index is 2.91. The van der Waals surface area contributed by atoms with Gasteiger partial charge in [0.2, 0.25) is 0 Å². The van der Waals surface area contributed by atoms with Gasteiger partial charge < -0.3 is 10.2 Å². The van der Waals surface area contributed by atoms with E-state index in [1.807, 2.05) is 6.92 Å². The largest absolute Gasteiger partial charge is 0.507 e. The second-order valence-electron chi connectivity index (χ2n) is 10.5. The van der Waals surface area contributed by atoms with Crippen molar-refractivity contribution in [3.05, 3.63) is 69.3 Å². The van der Waals surface area contributed by atoms with E-state index in [0.29, 0.717) is 11.5 Å². The zero-order chi connectivity index (χ0) is 22.3. The van der Waals surface area contributed by atoms with Gasteiger partial charge in [0.1, 0.15) is 11.5 Å². The molecular weight excluding hydrogens is 356 g/mol. The van der Waals surface area contributed by atoms with Gasteiger partial charge in [0, 0.05) is 17.0 Å². The van der Waals surface area contributed by atoms with Crippen molar-refractivity contribution >= 4 is 0 Å². The van der Waals surface area contributed by atoms with E-state index in [2.05, 4.69) is 92.7 Å². The van der Waals surface area contributed by atoms with E-state index in [4.69, 9.17) is 0 Å². The molecule has 0 aromatic heterocycles. The molecule has 0 radical (unpaired) electrons. The maximum Gasteiger partial charge on any atom is 0.123 e. The minimum atomic E-state index is -0.206. The molecule has 0 heterocycles. The monoisotopic (exact) mass is 394 g/mol. The second kappa shape index (κ2) is 7.89. The number of phenols is 2. The molecule has 2 aromatic rings. The second-order valence-corrected chi connectivity index (χ2v) is 10.5. The maximum absolute atomic E-state index is 11.3. The van der Waals surface area contributed by atoms with Gasteiger partial charge in [-0.3, -0.25) is 0 Å². The summed E-state index contributed by atoms with van der Waals surface area (Å²) >= 11 is 0. The van der Waals surface area contributed by atoms with Crippen LogP contribution in [0.2, 0.25) is 0 Å². The number of aromatic hydroxyl groups is 2. The molecule has 2 aromatic carbocycles. The van der Waals surface area contributed by atoms with Gasteiger partial charge in [-0.2, -0.15) is 0 Å². The fourth-order valence-electron chi connectivity index (χ4n) is 4.02. The van der Waals surface area contributed by atoms with E-state index in [1.165, 1.54) is 0 Å². The van der Waals surface area contributed by atoms with E-state index in [9.17, 15) is 10.2 Å². The summed E-state index contributed by atoms with van der Waals surface area (Å²) in [7, 11) is 0. The molecule has 0 amide bonds. The fourth-order valence-corrected chi connectivity index (χ4v) is 4.02. The lowest BCUT2D eigenvalue weighted by Crippen LogP contribution is -2.16. The fraction of sp³-hybridized carbons (Fsp3) is 0.481. The topological polar surface area (TPSA) is 40.5 Å². The number of allylic oxidation sites excluding steroid dienone is 2. The zero-order valence-electron chi connectivity index (χ0n) is 19.9. The molecule has 0 atom stereocenters. The van der Waals surface area contributed by atoms with Crippen LogP contribution in [-0.2, 0) is 10.8 Å². The molecule has 2 N–H and O–H groups in total. The summed E-state index contributed by atoms with van der Waals surface area (Å²) in [5, 5.41) is 22.6. The van der Waals surface area contributed by atoms with Crippen LogP contribution in [0.5, 0.6) is 11.5 Å². The van der Waals surface area contributed by atoms with Gasteiger partial charge in [0.25, 0.3) is 0 Å². The molecule has 2 heteroatoms. The maximum atomic E-state index is 11.3. The van der Waals surface area contributed by atoms with Gasteiger partial charge in [0.15, 0.2) is 0 Å². The van der Waals surface area contributed by atoms with Gasteiger partial charge in [-0.1, -0.05) is 88.6 Å². The molecule has 0 saturated carbocycles. The van der Waals surface area contributed by atoms with E-state index in [1.54, 1.807) is 0 Å². The van der Waals surface area contributed by atoms with Crippen molar-refractivity contribution in [3.63, 3.8) is 0 Å². The highest BCUT2D eigenvalue weighted by atomic mass is 16.3. The number of aryl methyl sites for hydroxylation is 2. The molecule has 2 nitrogen and oxygen atoms in total. The molecule has 0 fully saturated rings. The lowest BCUT2D eigenvalue weighted by molar-refractivity contribution is 0.431. The van der Waals surface area contributed by atoms with Crippen LogP contribution in [0.3, 0.4) is 0 Å². The Kier molecular flexibility index (Phi) is 6.28. The Morgan fingerprint density at radius 2 is 1.10 bits per heavy atom. The van der Waals surface area contributed by atoms with Crippen LogP contribution in [0.25, 0.3) is 0 Å². The van der Waals surface area contributed by atoms with Crippen molar-refractivity contribution in [2.24, 2.45) is 0 Å². The molecule has 0 bridgehead atoms. The predicted molar refractivity (Wildman–Crippen MR) is 124 cm³/mol. The molecule has 0 aliphatic rings. The minimum Gasteiger partial charge on any atom is -0.507 e. The highest BCUT2D eigenvalue weighted by molar-refractivity contribution is 5.59. The van der Waals surface area contributed by atoms with Crippen LogP contribution in [-0.4, -0.2) is 10.2 Å². The number of hydrogen-bond acceptors (Lipinski definition) is 2. The molecule has 2 rings (SSSR count). The summed E-state index contributed by atoms with van der Waals surface area (Å²) in [6.45, 7) is 20.9. The highest BCUT2D eigenvalue weighted by Gasteiger charge is 2.30. The SMILES string of the molecule is C/C=C(\C)C(c1cc(C)cc(C(C)(C)C)c1O)c1cc(C)cc(C(C)(C)C)c1O. The number of hydrogen-bond donors (Lipinski definition) is 2. The van der Waals surface area contributed by atoms with Crippen molar-refractivity contribution in [2.45, 2.75) is 86.0 Å². The Morgan fingerprint density at radius 3 is 1.38 bits per heavy atom. The van der Waals surface area contributed by atoms with Crippen molar-refractivity contribution < 1.29 is 10.2 Å². The van der Waals surface area contributed by atoms with Gasteiger partial charge in [-0.15, -0.1) is 0 Å². The summed E-state index contributed by atoms with van der Waals surface area (Å²) in [4.78, 5) is 0. The van der Waals surface area contributed by atoms with Gasteiger partial charge >= 0.3 is 0 Å². The lowest BCUT2D eigenvalue weighted by Gasteiger charge is -2.29. The third kappa shape index (κ3) is 4.69. The van der Waals surface area contributed by atoms with Crippen molar-refractivity contribution in [3.8, 4) is 11.5 Å². The molecule has 0 aliphatic heterocycles. The normalized spacial score (nSPS) is 13.3. The first kappa shape index (κ1) is 23.1. The summed E-state index contributed by atoms with van der Waals surface area (Å²) in [5.74, 6) is 0.446. The van der Waals surface area contributed by atoms with Crippen LogP contribution in [0.1, 0.15) is 94.7 Å². The van der Waals surface area contributed by atoms with Gasteiger partial charge in [0.05, 0.1) is 0 Å². The highest BCUT2D eigenvalue weighted by Crippen LogP contribution is 2.47. The third-order valence-electron chi connectivity index (χ3n) is 5.72. The lowest BCUT2D eigenvalue weighted by atomic mass is 9.76. The van der Waals surface area contributed by atoms with Crippen LogP contribution in [0.4, 0.5) is 0 Å². The van der Waals surface area contributed by atoms with Crippen LogP contribution in [0, 0.1) is 13.8 Å². The first-order valence-electron chi connectivity index (χ1n) is 10.5. The summed E-state index contributed by atoms with van der Waals surface area (Å²) in [5.41, 5.74) is 6.55. The Hall–Kier alpha value is -2.22. The first-order valence-corrected chi connectivity index (χ1v) is 10.5. The molecule has 0 unspecified atom stereocenters. The zero-order valence-corrected chi connectivity index (χ0v) is 19.9. The number of phenolic OH excluding ortho intramolecular Hbond substituents is 2. The summed E-state index contributed by atoms with van der Waals surface area (Å²) < 4.78 is 0. The minimum absolute atomic E-state index is 0.176. The molecule has 0 saturated heterocycles. The molecular formula is C27H38O2. The van der Waals surface area contributed by atoms with Crippen molar-refractivity contribution in [2.75, 3.05) is 0 Å². The molecule has 0 aliphatic carbocycles. The third-order valence-corrected chi connectivity index (χ3v) is 5.72. The number of benzene rings is 2. The smallest absolute Gasteiger partial charge is 0.123 e. The van der Waals surface area contributed by atoms with E-state index in [0.717, 1.165) is 39.0 Å². The van der Waals surface area contributed by atoms with Gasteiger partial charge in [-0.05, 0) is 49.7 Å². The van der Waals surface area contributed by atoms with E-state index < -0.39 is 0 Å². The molecule has 158 valence electrons. The van der Waals surface area contributed by atoms with Crippen molar-refractivity contribution in [1.82, 2.24) is 0 Å². The van der Waals surface area contributed by atoms with E-state index in [-0.39, 0.29) is 16.7 Å². The quantitative estimate of drug-likeness (QED) is 0.532. The standard InChI is InChI=1S/C27H38O2/c1-11-18(4)23(19-12-16(2)14-21(24(19)28)26(5,6)7)20-13-17(3)15-22(25(20)29)27(8,9)10/h11-15,23,28-29H,1-10H3/b18-11+. The summed E-state index contributed by atoms with van der Waals surface area (Å²) in [6, 6.07) is 8.25. The average molecular weight is 395 g/mol. The van der Waals surface area contributed by atoms with Crippen molar-refractivity contribution in [1.29, 1.82) is 0 Å². The Bertz CT molecular complexity index is 865.